The maximum Gasteiger partial charge on any atom is 0.408 e. The Kier molecular flexibility index (Phi) is 4.21. The largest absolute Gasteiger partial charge is 0.481 e. The van der Waals surface area contributed by atoms with E-state index in [1.165, 1.54) is 0 Å². The van der Waals surface area contributed by atoms with Gasteiger partial charge in [-0.2, -0.15) is 0 Å². The molecule has 0 spiro atoms. The Balaban J connectivity index is 2.71. The average Bonchev–Trinajstić information content (AvgIpc) is 2.10. The molecule has 0 heterocycles. The van der Waals surface area contributed by atoms with Gasteiger partial charge >= 0.3 is 12.1 Å². The minimum absolute atomic E-state index is 0.00509. The molecule has 1 unspecified atom stereocenters. The van der Waals surface area contributed by atoms with E-state index in [-0.39, 0.29) is 6.54 Å². The second-order valence-corrected chi connectivity index (χ2v) is 5.76. The summed E-state index contributed by atoms with van der Waals surface area (Å²) in [6.45, 7) is 5.29. The molecule has 0 saturated heterocycles. The van der Waals surface area contributed by atoms with Crippen molar-refractivity contribution in [3.8, 4) is 0 Å². The molecule has 104 valence electrons. The minimum atomic E-state index is -0.978. The summed E-state index contributed by atoms with van der Waals surface area (Å²) in [5.41, 5.74) is 4.15. The van der Waals surface area contributed by atoms with Crippen molar-refractivity contribution in [2.75, 3.05) is 6.54 Å². The molecule has 1 amide bonds. The number of alkyl carbamates (subject to hydrolysis) is 1. The molecule has 18 heavy (non-hydrogen) atoms. The highest BCUT2D eigenvalue weighted by atomic mass is 16.6. The van der Waals surface area contributed by atoms with E-state index in [4.69, 9.17) is 15.6 Å². The van der Waals surface area contributed by atoms with E-state index >= 15 is 0 Å². The molecule has 1 rings (SSSR count). The van der Waals surface area contributed by atoms with Gasteiger partial charge in [-0.1, -0.05) is 0 Å². The minimum Gasteiger partial charge on any atom is -0.481 e. The summed E-state index contributed by atoms with van der Waals surface area (Å²) in [5, 5.41) is 11.8. The molecule has 0 aromatic rings. The quantitative estimate of drug-likeness (QED) is 0.700. The number of hydrogen-bond donors (Lipinski definition) is 3. The van der Waals surface area contributed by atoms with Crippen LogP contribution in [-0.2, 0) is 9.53 Å². The second kappa shape index (κ2) is 5.14. The summed E-state index contributed by atoms with van der Waals surface area (Å²) in [6.07, 6.45) is 1.56. The lowest BCUT2D eigenvalue weighted by Gasteiger charge is -2.46. The first-order chi connectivity index (χ1) is 8.20. The van der Waals surface area contributed by atoms with Gasteiger partial charge in [0.25, 0.3) is 0 Å². The van der Waals surface area contributed by atoms with Crippen molar-refractivity contribution in [1.29, 1.82) is 0 Å². The van der Waals surface area contributed by atoms with Crippen molar-refractivity contribution in [2.45, 2.75) is 51.2 Å². The zero-order valence-electron chi connectivity index (χ0n) is 11.2. The van der Waals surface area contributed by atoms with Crippen molar-refractivity contribution in [2.24, 2.45) is 11.7 Å². The predicted molar refractivity (Wildman–Crippen MR) is 66.1 cm³/mol. The lowest BCUT2D eigenvalue weighted by Crippen LogP contribution is -2.62. The Morgan fingerprint density at radius 2 is 2.00 bits per heavy atom. The van der Waals surface area contributed by atoms with Crippen LogP contribution in [0.4, 0.5) is 4.79 Å². The van der Waals surface area contributed by atoms with Crippen LogP contribution < -0.4 is 11.1 Å². The smallest absolute Gasteiger partial charge is 0.408 e. The topological polar surface area (TPSA) is 102 Å². The molecule has 1 saturated carbocycles. The van der Waals surface area contributed by atoms with Crippen LogP contribution in [0.1, 0.15) is 40.0 Å². The van der Waals surface area contributed by atoms with Gasteiger partial charge in [0.05, 0.1) is 11.5 Å². The van der Waals surface area contributed by atoms with E-state index in [9.17, 15) is 9.59 Å². The molecule has 6 nitrogen and oxygen atoms in total. The molecule has 1 aliphatic rings. The highest BCUT2D eigenvalue weighted by molar-refractivity contribution is 5.75. The summed E-state index contributed by atoms with van der Waals surface area (Å²) < 4.78 is 5.16. The standard InChI is InChI=1S/C12H22N2O4/c1-11(2,3)18-10(17)14-12(5-4-6-12)8(7-13)9(15)16/h8H,4-7,13H2,1-3H3,(H,14,17)(H,15,16). The van der Waals surface area contributed by atoms with Gasteiger partial charge in [0.1, 0.15) is 5.60 Å². The van der Waals surface area contributed by atoms with Crippen LogP contribution in [0, 0.1) is 5.92 Å². The third-order valence-corrected chi connectivity index (χ3v) is 3.20. The normalized spacial score (nSPS) is 19.6. The molecule has 1 atom stereocenters. The van der Waals surface area contributed by atoms with E-state index < -0.39 is 29.1 Å². The van der Waals surface area contributed by atoms with Crippen LogP contribution in [0.25, 0.3) is 0 Å². The van der Waals surface area contributed by atoms with Crippen molar-refractivity contribution in [3.63, 3.8) is 0 Å². The predicted octanol–water partition coefficient (Wildman–Crippen LogP) is 1.09. The third kappa shape index (κ3) is 3.35. The molecule has 0 aromatic heterocycles. The molecule has 1 fully saturated rings. The number of nitrogens with one attached hydrogen (secondary N) is 1. The molecule has 1 aliphatic carbocycles. The molecule has 0 bridgehead atoms. The zero-order chi connectivity index (χ0) is 14.0. The third-order valence-electron chi connectivity index (χ3n) is 3.20. The van der Waals surface area contributed by atoms with Gasteiger partial charge in [0.2, 0.25) is 0 Å². The first-order valence-corrected chi connectivity index (χ1v) is 6.14. The van der Waals surface area contributed by atoms with E-state index in [1.54, 1.807) is 20.8 Å². The highest BCUT2D eigenvalue weighted by Crippen LogP contribution is 2.38. The molecular formula is C12H22N2O4. The van der Waals surface area contributed by atoms with Crippen molar-refractivity contribution < 1.29 is 19.4 Å². The van der Waals surface area contributed by atoms with Crippen LogP contribution in [0.5, 0.6) is 0 Å². The van der Waals surface area contributed by atoms with Crippen molar-refractivity contribution in [3.05, 3.63) is 0 Å². The number of amides is 1. The van der Waals surface area contributed by atoms with Gasteiger partial charge in [-0.3, -0.25) is 4.79 Å². The zero-order valence-corrected chi connectivity index (χ0v) is 11.2. The monoisotopic (exact) mass is 258 g/mol. The molecule has 0 aliphatic heterocycles. The number of carboxylic acids is 1. The van der Waals surface area contributed by atoms with Gasteiger partial charge in [0.15, 0.2) is 0 Å². The van der Waals surface area contributed by atoms with Crippen LogP contribution in [-0.4, -0.2) is 34.9 Å². The molecule has 6 heteroatoms. The summed E-state index contributed by atoms with van der Waals surface area (Å²) in [7, 11) is 0. The number of carbonyl (C=O) groups is 2. The van der Waals surface area contributed by atoms with Gasteiger partial charge in [-0.05, 0) is 40.0 Å². The lowest BCUT2D eigenvalue weighted by atomic mass is 9.68. The van der Waals surface area contributed by atoms with Crippen LogP contribution in [0.3, 0.4) is 0 Å². The Labute approximate surface area is 107 Å². The average molecular weight is 258 g/mol. The highest BCUT2D eigenvalue weighted by Gasteiger charge is 2.48. The van der Waals surface area contributed by atoms with E-state index in [1.807, 2.05) is 0 Å². The molecule has 0 radical (unpaired) electrons. The summed E-state index contributed by atoms with van der Waals surface area (Å²) in [4.78, 5) is 22.9. The van der Waals surface area contributed by atoms with E-state index in [0.29, 0.717) is 12.8 Å². The first kappa shape index (κ1) is 14.8. The van der Waals surface area contributed by atoms with Gasteiger partial charge in [-0.25, -0.2) is 4.79 Å². The van der Waals surface area contributed by atoms with E-state index in [0.717, 1.165) is 6.42 Å². The summed E-state index contributed by atoms with van der Waals surface area (Å²) in [6, 6.07) is 0. The molecule has 4 N–H and O–H groups in total. The number of hydrogen-bond acceptors (Lipinski definition) is 4. The number of carboxylic acid groups (broad SMARTS) is 1. The number of carbonyl (C=O) groups excluding carboxylic acids is 1. The first-order valence-electron chi connectivity index (χ1n) is 6.14. The number of aliphatic carboxylic acids is 1. The van der Waals surface area contributed by atoms with Crippen molar-refractivity contribution >= 4 is 12.1 Å². The maximum absolute atomic E-state index is 11.7. The van der Waals surface area contributed by atoms with Gasteiger partial charge < -0.3 is 20.9 Å². The fourth-order valence-electron chi connectivity index (χ4n) is 2.19. The van der Waals surface area contributed by atoms with Crippen molar-refractivity contribution in [1.82, 2.24) is 5.32 Å². The Bertz CT molecular complexity index is 331. The number of ether oxygens (including phenoxy) is 1. The van der Waals surface area contributed by atoms with Gasteiger partial charge in [-0.15, -0.1) is 0 Å². The number of nitrogens with two attached hydrogens (primary N) is 1. The number of rotatable bonds is 4. The SMILES string of the molecule is CC(C)(C)OC(=O)NC1(C(CN)C(=O)O)CCC1. The van der Waals surface area contributed by atoms with Crippen LogP contribution in [0.2, 0.25) is 0 Å². The summed E-state index contributed by atoms with van der Waals surface area (Å²) in [5.74, 6) is -1.74. The Morgan fingerprint density at radius 1 is 1.44 bits per heavy atom. The molecule has 0 aromatic carbocycles. The van der Waals surface area contributed by atoms with E-state index in [2.05, 4.69) is 5.32 Å². The van der Waals surface area contributed by atoms with Gasteiger partial charge in [0, 0.05) is 6.54 Å². The summed E-state index contributed by atoms with van der Waals surface area (Å²) >= 11 is 0. The fourth-order valence-corrected chi connectivity index (χ4v) is 2.19. The van der Waals surface area contributed by atoms with Crippen LogP contribution >= 0.6 is 0 Å². The Morgan fingerprint density at radius 3 is 2.28 bits per heavy atom. The fraction of sp³-hybridized carbons (Fsp3) is 0.833. The Hall–Kier alpha value is -1.30. The van der Waals surface area contributed by atoms with Crippen LogP contribution in [0.15, 0.2) is 0 Å². The maximum atomic E-state index is 11.7. The lowest BCUT2D eigenvalue weighted by molar-refractivity contribution is -0.146. The molecular weight excluding hydrogens is 236 g/mol. The second-order valence-electron chi connectivity index (χ2n) is 5.76.